The van der Waals surface area contributed by atoms with Crippen molar-refractivity contribution in [1.29, 1.82) is 0 Å². The number of anilines is 1. The summed E-state index contributed by atoms with van der Waals surface area (Å²) < 4.78 is 0. The average Bonchev–Trinajstić information content (AvgIpc) is 2.82. The third-order valence-corrected chi connectivity index (χ3v) is 6.32. The van der Waals surface area contributed by atoms with Crippen LogP contribution in [0.3, 0.4) is 0 Å². The summed E-state index contributed by atoms with van der Waals surface area (Å²) in [5.74, 6) is 1.20. The SMILES string of the molecule is CN(c1nc(CC(N)=O)nc2sc3c(c12)CCCC3)C1CCC1. The number of primary amides is 1. The molecule has 0 saturated heterocycles. The predicted molar refractivity (Wildman–Crippen MR) is 93.0 cm³/mol. The Balaban J connectivity index is 1.87. The number of thiophene rings is 1. The highest BCUT2D eigenvalue weighted by atomic mass is 32.1. The van der Waals surface area contributed by atoms with Crippen molar-refractivity contribution in [3.63, 3.8) is 0 Å². The molecule has 23 heavy (non-hydrogen) atoms. The second-order valence-electron chi connectivity index (χ2n) is 6.69. The van der Waals surface area contributed by atoms with E-state index < -0.39 is 0 Å². The molecule has 0 radical (unpaired) electrons. The lowest BCUT2D eigenvalue weighted by Gasteiger charge is -2.36. The summed E-state index contributed by atoms with van der Waals surface area (Å²) in [4.78, 5) is 25.5. The first kappa shape index (κ1) is 14.9. The minimum absolute atomic E-state index is 0.115. The van der Waals surface area contributed by atoms with Gasteiger partial charge in [-0.1, -0.05) is 0 Å². The van der Waals surface area contributed by atoms with Crippen molar-refractivity contribution in [3.8, 4) is 0 Å². The maximum Gasteiger partial charge on any atom is 0.225 e. The predicted octanol–water partition coefficient (Wildman–Crippen LogP) is 2.59. The van der Waals surface area contributed by atoms with E-state index in [0.717, 1.165) is 23.5 Å². The van der Waals surface area contributed by atoms with Crippen LogP contribution in [0.5, 0.6) is 0 Å². The molecule has 6 heteroatoms. The van der Waals surface area contributed by atoms with Gasteiger partial charge < -0.3 is 10.6 Å². The molecule has 1 saturated carbocycles. The number of carbonyl (C=O) groups excluding carboxylic acids is 1. The van der Waals surface area contributed by atoms with Crippen molar-refractivity contribution in [2.24, 2.45) is 5.73 Å². The number of amides is 1. The zero-order valence-corrected chi connectivity index (χ0v) is 14.3. The summed E-state index contributed by atoms with van der Waals surface area (Å²) in [6.07, 6.45) is 8.62. The van der Waals surface area contributed by atoms with Gasteiger partial charge in [0.1, 0.15) is 16.5 Å². The van der Waals surface area contributed by atoms with Gasteiger partial charge in [0.25, 0.3) is 0 Å². The monoisotopic (exact) mass is 330 g/mol. The van der Waals surface area contributed by atoms with Crippen LogP contribution in [-0.2, 0) is 24.1 Å². The van der Waals surface area contributed by atoms with Crippen LogP contribution in [0.1, 0.15) is 48.4 Å². The molecule has 4 rings (SSSR count). The molecule has 0 aliphatic heterocycles. The van der Waals surface area contributed by atoms with Gasteiger partial charge in [-0.2, -0.15) is 0 Å². The molecule has 0 spiro atoms. The Morgan fingerprint density at radius 1 is 1.26 bits per heavy atom. The smallest absolute Gasteiger partial charge is 0.225 e. The highest BCUT2D eigenvalue weighted by molar-refractivity contribution is 7.19. The number of aryl methyl sites for hydroxylation is 2. The fourth-order valence-electron chi connectivity index (χ4n) is 3.62. The maximum atomic E-state index is 11.3. The maximum absolute atomic E-state index is 11.3. The van der Waals surface area contributed by atoms with Crippen molar-refractivity contribution in [1.82, 2.24) is 9.97 Å². The Morgan fingerprint density at radius 3 is 2.74 bits per heavy atom. The molecule has 2 aliphatic carbocycles. The minimum atomic E-state index is -0.372. The van der Waals surface area contributed by atoms with Gasteiger partial charge >= 0.3 is 0 Å². The van der Waals surface area contributed by atoms with E-state index >= 15 is 0 Å². The molecule has 2 heterocycles. The standard InChI is InChI=1S/C17H22N4OS/c1-21(10-5-4-6-10)16-15-11-7-2-3-8-12(11)23-17(15)20-14(19-16)9-13(18)22/h10H,2-9H2,1H3,(H2,18,22). The lowest BCUT2D eigenvalue weighted by atomic mass is 9.91. The number of carbonyl (C=O) groups is 1. The molecule has 0 bridgehead atoms. The first-order valence-corrected chi connectivity index (χ1v) is 9.27. The molecule has 0 aromatic carbocycles. The highest BCUT2D eigenvalue weighted by Crippen LogP contribution is 2.41. The molecular weight excluding hydrogens is 308 g/mol. The molecule has 0 atom stereocenters. The second kappa shape index (κ2) is 5.74. The molecule has 2 aliphatic rings. The molecule has 122 valence electrons. The highest BCUT2D eigenvalue weighted by Gasteiger charge is 2.28. The fourth-order valence-corrected chi connectivity index (χ4v) is 4.89. The van der Waals surface area contributed by atoms with E-state index in [4.69, 9.17) is 10.7 Å². The Bertz CT molecular complexity index is 766. The molecule has 2 aromatic heterocycles. The molecule has 1 amide bonds. The molecular formula is C17H22N4OS. The largest absolute Gasteiger partial charge is 0.369 e. The Hall–Kier alpha value is -1.69. The van der Waals surface area contributed by atoms with Crippen molar-refractivity contribution >= 4 is 33.3 Å². The number of nitrogens with two attached hydrogens (primary N) is 1. The first-order chi connectivity index (χ1) is 11.1. The quantitative estimate of drug-likeness (QED) is 0.935. The van der Waals surface area contributed by atoms with Crippen LogP contribution in [0, 0.1) is 0 Å². The second-order valence-corrected chi connectivity index (χ2v) is 7.78. The van der Waals surface area contributed by atoms with E-state index in [1.165, 1.54) is 47.9 Å². The molecule has 0 unspecified atom stereocenters. The summed E-state index contributed by atoms with van der Waals surface area (Å²) in [6, 6.07) is 0.564. The summed E-state index contributed by atoms with van der Waals surface area (Å²) >= 11 is 1.78. The summed E-state index contributed by atoms with van der Waals surface area (Å²) in [5.41, 5.74) is 6.81. The fraction of sp³-hybridized carbons (Fsp3) is 0.588. The van der Waals surface area contributed by atoms with Crippen LogP contribution in [0.25, 0.3) is 10.2 Å². The number of hydrogen-bond acceptors (Lipinski definition) is 5. The average molecular weight is 330 g/mol. The van der Waals surface area contributed by atoms with Crippen LogP contribution >= 0.6 is 11.3 Å². The third-order valence-electron chi connectivity index (χ3n) is 5.13. The van der Waals surface area contributed by atoms with Crippen molar-refractivity contribution in [2.75, 3.05) is 11.9 Å². The summed E-state index contributed by atoms with van der Waals surface area (Å²) in [7, 11) is 2.13. The van der Waals surface area contributed by atoms with E-state index in [1.54, 1.807) is 11.3 Å². The van der Waals surface area contributed by atoms with Crippen molar-refractivity contribution < 1.29 is 4.79 Å². The van der Waals surface area contributed by atoms with Gasteiger partial charge in [-0.3, -0.25) is 4.79 Å². The summed E-state index contributed by atoms with van der Waals surface area (Å²) in [5, 5.41) is 1.23. The lowest BCUT2D eigenvalue weighted by Crippen LogP contribution is -2.38. The van der Waals surface area contributed by atoms with Gasteiger partial charge in [0.2, 0.25) is 5.91 Å². The van der Waals surface area contributed by atoms with Crippen LogP contribution in [0.15, 0.2) is 0 Å². The Kier molecular flexibility index (Phi) is 3.71. The van der Waals surface area contributed by atoms with Gasteiger partial charge in [-0.05, 0) is 50.5 Å². The Morgan fingerprint density at radius 2 is 2.04 bits per heavy atom. The third kappa shape index (κ3) is 2.59. The van der Waals surface area contributed by atoms with Gasteiger partial charge in [-0.25, -0.2) is 9.97 Å². The van der Waals surface area contributed by atoms with Crippen LogP contribution < -0.4 is 10.6 Å². The molecule has 5 nitrogen and oxygen atoms in total. The zero-order chi connectivity index (χ0) is 16.0. The Labute approximate surface area is 139 Å². The van der Waals surface area contributed by atoms with Crippen LogP contribution in [0.4, 0.5) is 5.82 Å². The molecule has 1 fully saturated rings. The van der Waals surface area contributed by atoms with Gasteiger partial charge in [0.05, 0.1) is 11.8 Å². The number of hydrogen-bond donors (Lipinski definition) is 1. The number of nitrogens with zero attached hydrogens (tertiary/aromatic N) is 3. The van der Waals surface area contributed by atoms with Crippen molar-refractivity contribution in [2.45, 2.75) is 57.4 Å². The zero-order valence-electron chi connectivity index (χ0n) is 13.5. The molecule has 2 aromatic rings. The van der Waals surface area contributed by atoms with E-state index in [2.05, 4.69) is 16.9 Å². The van der Waals surface area contributed by atoms with Crippen LogP contribution in [0.2, 0.25) is 0 Å². The van der Waals surface area contributed by atoms with E-state index in [0.29, 0.717) is 11.9 Å². The lowest BCUT2D eigenvalue weighted by molar-refractivity contribution is -0.117. The topological polar surface area (TPSA) is 72.1 Å². The first-order valence-electron chi connectivity index (χ1n) is 8.46. The number of rotatable bonds is 4. The number of aromatic nitrogens is 2. The van der Waals surface area contributed by atoms with Crippen molar-refractivity contribution in [3.05, 3.63) is 16.3 Å². The van der Waals surface area contributed by atoms with Gasteiger partial charge in [0.15, 0.2) is 0 Å². The number of fused-ring (bicyclic) bond motifs is 3. The van der Waals surface area contributed by atoms with Crippen LogP contribution in [-0.4, -0.2) is 29.0 Å². The summed E-state index contributed by atoms with van der Waals surface area (Å²) in [6.45, 7) is 0. The van der Waals surface area contributed by atoms with E-state index in [1.807, 2.05) is 0 Å². The van der Waals surface area contributed by atoms with E-state index in [-0.39, 0.29) is 12.3 Å². The molecule has 2 N–H and O–H groups in total. The van der Waals surface area contributed by atoms with E-state index in [9.17, 15) is 4.79 Å². The van der Waals surface area contributed by atoms with Gasteiger partial charge in [-0.15, -0.1) is 11.3 Å². The normalized spacial score (nSPS) is 17.8. The van der Waals surface area contributed by atoms with Gasteiger partial charge in [0, 0.05) is 18.0 Å². The minimum Gasteiger partial charge on any atom is -0.369 e.